The van der Waals surface area contributed by atoms with Crippen molar-refractivity contribution in [2.45, 2.75) is 52.7 Å². The molecular weight excluding hydrogens is 586 g/mol. The van der Waals surface area contributed by atoms with E-state index in [0.29, 0.717) is 5.69 Å². The number of benzene rings is 2. The molecule has 2 amide bonds. The molecule has 2 aromatic rings. The molecule has 10 heteroatoms. The van der Waals surface area contributed by atoms with Gasteiger partial charge in [-0.15, -0.1) is 0 Å². The van der Waals surface area contributed by atoms with Crippen molar-refractivity contribution in [1.29, 1.82) is 0 Å². The third kappa shape index (κ3) is 7.81. The van der Waals surface area contributed by atoms with E-state index >= 15 is 0 Å². The van der Waals surface area contributed by atoms with Crippen LogP contribution in [0.1, 0.15) is 38.3 Å². The molecule has 0 spiro atoms. The minimum Gasteiger partial charge on any atom is -0.352 e. The molecule has 2 atom stereocenters. The summed E-state index contributed by atoms with van der Waals surface area (Å²) in [7, 11) is -3.76. The first-order valence-corrected chi connectivity index (χ1v) is 14.3. The van der Waals surface area contributed by atoms with Crippen molar-refractivity contribution < 1.29 is 18.0 Å². The Bertz CT molecular complexity index is 1140. The van der Waals surface area contributed by atoms with E-state index in [9.17, 15) is 18.0 Å². The number of carbonyl (C=O) groups excluding carboxylic acids is 2. The average molecular weight is 617 g/mol. The van der Waals surface area contributed by atoms with Crippen LogP contribution in [0.2, 0.25) is 0 Å². The van der Waals surface area contributed by atoms with E-state index in [0.717, 1.165) is 37.1 Å². The number of hydrogen-bond donors (Lipinski definition) is 1. The fourth-order valence-corrected chi connectivity index (χ4v) is 4.81. The van der Waals surface area contributed by atoms with Crippen molar-refractivity contribution in [2.75, 3.05) is 17.1 Å². The van der Waals surface area contributed by atoms with Crippen molar-refractivity contribution in [3.8, 4) is 0 Å². The van der Waals surface area contributed by atoms with E-state index in [1.54, 1.807) is 25.1 Å². The van der Waals surface area contributed by atoms with Crippen molar-refractivity contribution in [2.24, 2.45) is 0 Å². The molecule has 0 bridgehead atoms. The molecule has 0 aliphatic rings. The van der Waals surface area contributed by atoms with Crippen LogP contribution >= 0.6 is 31.9 Å². The molecule has 186 valence electrons. The fourth-order valence-electron chi connectivity index (χ4n) is 3.28. The smallest absolute Gasteiger partial charge is 0.244 e. The number of anilines is 1. The third-order valence-electron chi connectivity index (χ3n) is 5.52. The molecule has 2 aromatic carbocycles. The van der Waals surface area contributed by atoms with Gasteiger partial charge in [0.25, 0.3) is 0 Å². The van der Waals surface area contributed by atoms with Crippen LogP contribution in [0.5, 0.6) is 0 Å². The predicted molar refractivity (Wildman–Crippen MR) is 143 cm³/mol. The molecule has 0 heterocycles. The normalized spacial score (nSPS) is 13.1. The summed E-state index contributed by atoms with van der Waals surface area (Å²) in [5.41, 5.74) is 2.04. The third-order valence-corrected chi connectivity index (χ3v) is 8.04. The van der Waals surface area contributed by atoms with Gasteiger partial charge in [-0.05, 0) is 68.7 Å². The van der Waals surface area contributed by atoms with E-state index in [4.69, 9.17) is 0 Å². The second-order valence-corrected chi connectivity index (χ2v) is 12.0. The largest absolute Gasteiger partial charge is 0.352 e. The van der Waals surface area contributed by atoms with E-state index in [1.165, 1.54) is 4.90 Å². The Morgan fingerprint density at radius 3 is 2.32 bits per heavy atom. The number of amides is 2. The van der Waals surface area contributed by atoms with Crippen LogP contribution in [0.3, 0.4) is 0 Å². The summed E-state index contributed by atoms with van der Waals surface area (Å²) in [6.45, 7) is 7.09. The molecule has 0 radical (unpaired) electrons. The van der Waals surface area contributed by atoms with Gasteiger partial charge in [-0.3, -0.25) is 13.9 Å². The van der Waals surface area contributed by atoms with Crippen molar-refractivity contribution in [1.82, 2.24) is 10.2 Å². The molecule has 0 saturated carbocycles. The van der Waals surface area contributed by atoms with Gasteiger partial charge >= 0.3 is 0 Å². The fraction of sp³-hybridized carbons (Fsp3) is 0.417. The maximum Gasteiger partial charge on any atom is 0.244 e. The molecule has 0 aromatic heterocycles. The quantitative estimate of drug-likeness (QED) is 0.422. The lowest BCUT2D eigenvalue weighted by molar-refractivity contribution is -0.139. The highest BCUT2D eigenvalue weighted by Crippen LogP contribution is 2.25. The lowest BCUT2D eigenvalue weighted by Gasteiger charge is -2.32. The summed E-state index contributed by atoms with van der Waals surface area (Å²) in [5.74, 6) is -0.763. The number of hydrogen-bond acceptors (Lipinski definition) is 4. The van der Waals surface area contributed by atoms with Gasteiger partial charge in [0.1, 0.15) is 12.6 Å². The summed E-state index contributed by atoms with van der Waals surface area (Å²) in [4.78, 5) is 27.9. The van der Waals surface area contributed by atoms with Gasteiger partial charge in [-0.2, -0.15) is 0 Å². The number of nitrogens with one attached hydrogen (secondary N) is 1. The second-order valence-electron chi connectivity index (χ2n) is 8.35. The lowest BCUT2D eigenvalue weighted by Crippen LogP contribution is -2.52. The summed E-state index contributed by atoms with van der Waals surface area (Å²) < 4.78 is 28.0. The van der Waals surface area contributed by atoms with Gasteiger partial charge in [0.2, 0.25) is 21.8 Å². The number of rotatable bonds is 10. The number of sulfonamides is 1. The van der Waals surface area contributed by atoms with Crippen molar-refractivity contribution in [3.63, 3.8) is 0 Å². The number of carbonyl (C=O) groups is 2. The van der Waals surface area contributed by atoms with Gasteiger partial charge in [-0.1, -0.05) is 50.9 Å². The number of aryl methyl sites for hydroxylation is 1. The first kappa shape index (κ1) is 28.3. The van der Waals surface area contributed by atoms with E-state index in [2.05, 4.69) is 37.2 Å². The topological polar surface area (TPSA) is 86.8 Å². The molecule has 1 N–H and O–H groups in total. The molecule has 0 aliphatic heterocycles. The maximum atomic E-state index is 13.5. The predicted octanol–water partition coefficient (Wildman–Crippen LogP) is 4.62. The molecule has 2 rings (SSSR count). The van der Waals surface area contributed by atoms with Crippen LogP contribution < -0.4 is 9.62 Å². The summed E-state index contributed by atoms with van der Waals surface area (Å²) in [6, 6.07) is 11.7. The lowest BCUT2D eigenvalue weighted by atomic mass is 10.1. The van der Waals surface area contributed by atoms with Gasteiger partial charge in [-0.25, -0.2) is 8.42 Å². The van der Waals surface area contributed by atoms with Crippen LogP contribution in [0.4, 0.5) is 5.69 Å². The van der Waals surface area contributed by atoms with Gasteiger partial charge in [0.15, 0.2) is 0 Å². The highest BCUT2D eigenvalue weighted by atomic mass is 79.9. The Morgan fingerprint density at radius 2 is 1.76 bits per heavy atom. The number of halogens is 2. The molecule has 2 unspecified atom stereocenters. The molecule has 0 saturated heterocycles. The van der Waals surface area contributed by atoms with Gasteiger partial charge < -0.3 is 10.2 Å². The maximum absolute atomic E-state index is 13.5. The van der Waals surface area contributed by atoms with E-state index < -0.39 is 28.5 Å². The van der Waals surface area contributed by atoms with Crippen LogP contribution in [-0.2, 0) is 26.2 Å². The summed E-state index contributed by atoms with van der Waals surface area (Å²) in [5, 5.41) is 2.91. The van der Waals surface area contributed by atoms with E-state index in [-0.39, 0.29) is 18.5 Å². The Morgan fingerprint density at radius 1 is 1.09 bits per heavy atom. The standard InChI is InChI=1S/C24H31Br2N3O4S/c1-6-17(3)27-24(31)18(4)28(14-19-8-7-9-20(25)13-19)23(30)15-29(34(5,32)33)21-10-11-22(26)16(2)12-21/h7-13,17-18H,6,14-15H2,1-5H3,(H,27,31). The SMILES string of the molecule is CCC(C)NC(=O)C(C)N(Cc1cccc(Br)c1)C(=O)CN(c1ccc(Br)c(C)c1)S(C)(=O)=O. The van der Waals surface area contributed by atoms with Gasteiger partial charge in [0.05, 0.1) is 11.9 Å². The van der Waals surface area contributed by atoms with Crippen molar-refractivity contribution >= 4 is 59.4 Å². The first-order chi connectivity index (χ1) is 15.8. The Kier molecular flexibility index (Phi) is 10.1. The minimum absolute atomic E-state index is 0.0453. The molecule has 0 fully saturated rings. The molecule has 0 aliphatic carbocycles. The summed E-state index contributed by atoms with van der Waals surface area (Å²) >= 11 is 6.85. The molecular formula is C24H31Br2N3O4S. The minimum atomic E-state index is -3.76. The highest BCUT2D eigenvalue weighted by Gasteiger charge is 2.30. The average Bonchev–Trinajstić information content (AvgIpc) is 2.76. The highest BCUT2D eigenvalue weighted by molar-refractivity contribution is 9.10. The van der Waals surface area contributed by atoms with Crippen LogP contribution in [0, 0.1) is 6.92 Å². The number of nitrogens with zero attached hydrogens (tertiary/aromatic N) is 2. The van der Waals surface area contributed by atoms with Crippen LogP contribution in [0.15, 0.2) is 51.4 Å². The Balaban J connectivity index is 2.41. The Hall–Kier alpha value is -1.91. The first-order valence-electron chi connectivity index (χ1n) is 10.9. The molecule has 34 heavy (non-hydrogen) atoms. The van der Waals surface area contributed by atoms with E-state index in [1.807, 2.05) is 45.0 Å². The zero-order valence-electron chi connectivity index (χ0n) is 20.0. The second kappa shape index (κ2) is 12.2. The van der Waals surface area contributed by atoms with Crippen LogP contribution in [-0.4, -0.2) is 50.0 Å². The Labute approximate surface area is 219 Å². The summed E-state index contributed by atoms with van der Waals surface area (Å²) in [6.07, 6.45) is 1.82. The molecule has 7 nitrogen and oxygen atoms in total. The van der Waals surface area contributed by atoms with Crippen LogP contribution in [0.25, 0.3) is 0 Å². The monoisotopic (exact) mass is 615 g/mol. The van der Waals surface area contributed by atoms with Crippen molar-refractivity contribution in [3.05, 3.63) is 62.5 Å². The zero-order chi connectivity index (χ0) is 25.6. The zero-order valence-corrected chi connectivity index (χ0v) is 24.0. The van der Waals surface area contributed by atoms with Gasteiger partial charge in [0, 0.05) is 21.5 Å².